The summed E-state index contributed by atoms with van der Waals surface area (Å²) in [6.45, 7) is 2.74. The molecule has 0 radical (unpaired) electrons. The van der Waals surface area contributed by atoms with Gasteiger partial charge in [-0.25, -0.2) is 4.98 Å². The van der Waals surface area contributed by atoms with Crippen LogP contribution >= 0.6 is 23.4 Å². The van der Waals surface area contributed by atoms with Crippen LogP contribution in [0.4, 0.5) is 0 Å². The molecular weight excluding hydrogens is 390 g/mol. The van der Waals surface area contributed by atoms with Crippen LogP contribution in [0.15, 0.2) is 23.0 Å². The number of nitrogens with zero attached hydrogens (tertiary/aromatic N) is 2. The summed E-state index contributed by atoms with van der Waals surface area (Å²) < 4.78 is 4.57. The minimum absolute atomic E-state index is 0.0527. The Morgan fingerprint density at radius 1 is 1.37 bits per heavy atom. The Kier molecular flexibility index (Phi) is 8.12. The predicted octanol–water partition coefficient (Wildman–Crippen LogP) is 2.61. The topological polar surface area (TPSA) is 92.4 Å². The number of halogens is 1. The van der Waals surface area contributed by atoms with Crippen LogP contribution in [0.3, 0.4) is 0 Å². The zero-order chi connectivity index (χ0) is 19.8. The summed E-state index contributed by atoms with van der Waals surface area (Å²) in [7, 11) is 1.33. The summed E-state index contributed by atoms with van der Waals surface area (Å²) in [5.41, 5.74) is 0.239. The van der Waals surface area contributed by atoms with Crippen molar-refractivity contribution < 1.29 is 14.3 Å². The van der Waals surface area contributed by atoms with Crippen molar-refractivity contribution in [3.8, 4) is 0 Å². The Hall–Kier alpha value is -2.06. The minimum Gasteiger partial charge on any atom is -0.468 e. The van der Waals surface area contributed by atoms with E-state index in [9.17, 15) is 14.4 Å². The highest BCUT2D eigenvalue weighted by Crippen LogP contribution is 2.15. The van der Waals surface area contributed by atoms with E-state index in [4.69, 9.17) is 11.6 Å². The van der Waals surface area contributed by atoms with Crippen LogP contribution in [0.5, 0.6) is 0 Å². The summed E-state index contributed by atoms with van der Waals surface area (Å²) in [6, 6.07) is 4.89. The van der Waals surface area contributed by atoms with Gasteiger partial charge in [-0.1, -0.05) is 18.5 Å². The molecule has 0 aliphatic heterocycles. The van der Waals surface area contributed by atoms with Gasteiger partial charge in [0.1, 0.15) is 5.82 Å². The number of benzene rings is 1. The Labute approximate surface area is 166 Å². The van der Waals surface area contributed by atoms with E-state index in [0.717, 1.165) is 6.42 Å². The number of aromatic nitrogens is 2. The number of thioether (sulfide) groups is 1. The third-order valence-electron chi connectivity index (χ3n) is 3.81. The number of nitrogens with one attached hydrogen (secondary N) is 1. The smallest absolute Gasteiger partial charge is 0.315 e. The van der Waals surface area contributed by atoms with Crippen LogP contribution in [0, 0.1) is 0 Å². The van der Waals surface area contributed by atoms with Crippen molar-refractivity contribution in [2.24, 2.45) is 0 Å². The molecule has 27 heavy (non-hydrogen) atoms. The van der Waals surface area contributed by atoms with Gasteiger partial charge in [-0.05, 0) is 24.6 Å². The molecule has 2 aromatic rings. The van der Waals surface area contributed by atoms with Gasteiger partial charge in [-0.15, -0.1) is 11.8 Å². The molecule has 0 saturated carbocycles. The highest BCUT2D eigenvalue weighted by molar-refractivity contribution is 7.99. The summed E-state index contributed by atoms with van der Waals surface area (Å²) >= 11 is 7.33. The first kappa shape index (κ1) is 21.2. The van der Waals surface area contributed by atoms with E-state index in [-0.39, 0.29) is 29.7 Å². The van der Waals surface area contributed by atoms with Gasteiger partial charge in [0.2, 0.25) is 5.91 Å². The second kappa shape index (κ2) is 10.3. The highest BCUT2D eigenvalue weighted by Gasteiger charge is 2.15. The Morgan fingerprint density at radius 2 is 2.15 bits per heavy atom. The maximum Gasteiger partial charge on any atom is 0.315 e. The largest absolute Gasteiger partial charge is 0.468 e. The first-order valence-electron chi connectivity index (χ1n) is 8.55. The second-order valence-corrected chi connectivity index (χ2v) is 7.41. The van der Waals surface area contributed by atoms with Crippen LogP contribution in [0.25, 0.3) is 10.9 Å². The van der Waals surface area contributed by atoms with E-state index in [1.807, 2.05) is 6.92 Å². The molecule has 0 spiro atoms. The molecule has 0 fully saturated rings. The number of hydrogen-bond donors (Lipinski definition) is 1. The summed E-state index contributed by atoms with van der Waals surface area (Å²) in [5.74, 6) is 0.792. The fourth-order valence-corrected chi connectivity index (χ4v) is 3.42. The van der Waals surface area contributed by atoms with Crippen molar-refractivity contribution >= 4 is 46.1 Å². The lowest BCUT2D eigenvalue weighted by Gasteiger charge is -2.21. The van der Waals surface area contributed by atoms with Crippen LogP contribution < -0.4 is 5.56 Å². The van der Waals surface area contributed by atoms with Crippen LogP contribution in [0.2, 0.25) is 5.02 Å². The fraction of sp³-hybridized carbons (Fsp3) is 0.444. The quantitative estimate of drug-likeness (QED) is 0.503. The number of methoxy groups -OCH3 is 1. The van der Waals surface area contributed by atoms with E-state index in [0.29, 0.717) is 40.5 Å². The molecule has 9 heteroatoms. The van der Waals surface area contributed by atoms with Gasteiger partial charge in [-0.3, -0.25) is 14.4 Å². The van der Waals surface area contributed by atoms with Gasteiger partial charge in [0.05, 0.1) is 30.3 Å². The van der Waals surface area contributed by atoms with E-state index < -0.39 is 0 Å². The molecule has 0 aliphatic carbocycles. The van der Waals surface area contributed by atoms with Crippen molar-refractivity contribution in [1.29, 1.82) is 0 Å². The third kappa shape index (κ3) is 6.25. The lowest BCUT2D eigenvalue weighted by atomic mass is 10.2. The van der Waals surface area contributed by atoms with E-state index in [1.54, 1.807) is 23.1 Å². The molecule has 0 bridgehead atoms. The summed E-state index contributed by atoms with van der Waals surface area (Å²) in [5, 5.41) is 0.950. The van der Waals surface area contributed by atoms with Gasteiger partial charge >= 0.3 is 5.97 Å². The number of H-pyrrole nitrogens is 1. The fourth-order valence-electron chi connectivity index (χ4n) is 2.51. The highest BCUT2D eigenvalue weighted by atomic mass is 35.5. The number of esters is 1. The number of rotatable bonds is 9. The average Bonchev–Trinajstić information content (AvgIpc) is 2.64. The monoisotopic (exact) mass is 411 g/mol. The van der Waals surface area contributed by atoms with Gasteiger partial charge in [-0.2, -0.15) is 0 Å². The number of hydrogen-bond acceptors (Lipinski definition) is 6. The molecule has 7 nitrogen and oxygen atoms in total. The van der Waals surface area contributed by atoms with Crippen LogP contribution in [-0.4, -0.2) is 51.9 Å². The van der Waals surface area contributed by atoms with E-state index in [1.165, 1.54) is 18.9 Å². The normalized spacial score (nSPS) is 10.8. The number of ether oxygens (including phenoxy) is 1. The van der Waals surface area contributed by atoms with Crippen LogP contribution in [0.1, 0.15) is 25.6 Å². The molecule has 1 aromatic carbocycles. The molecule has 0 aliphatic rings. The molecule has 0 atom stereocenters. The first-order chi connectivity index (χ1) is 12.9. The standard InChI is InChI=1S/C18H22ClN3O4S/c1-3-7-22(16(23)6-8-27-11-17(24)26-2)10-15-20-14-9-12(19)4-5-13(14)18(25)21-15/h4-5,9H,3,6-8,10-11H2,1-2H3,(H,20,21,25). The molecule has 1 N–H and O–H groups in total. The first-order valence-corrected chi connectivity index (χ1v) is 10.1. The van der Waals surface area contributed by atoms with Crippen molar-refractivity contribution in [2.75, 3.05) is 25.2 Å². The lowest BCUT2D eigenvalue weighted by molar-refractivity contribution is -0.137. The Morgan fingerprint density at radius 3 is 2.85 bits per heavy atom. The molecule has 1 amide bonds. The zero-order valence-electron chi connectivity index (χ0n) is 15.3. The lowest BCUT2D eigenvalue weighted by Crippen LogP contribution is -2.33. The minimum atomic E-state index is -0.311. The van der Waals surface area contributed by atoms with Crippen molar-refractivity contribution in [3.05, 3.63) is 39.4 Å². The van der Waals surface area contributed by atoms with E-state index >= 15 is 0 Å². The van der Waals surface area contributed by atoms with Gasteiger partial charge in [0, 0.05) is 23.7 Å². The van der Waals surface area contributed by atoms with Gasteiger partial charge < -0.3 is 14.6 Å². The molecule has 0 unspecified atom stereocenters. The summed E-state index contributed by atoms with van der Waals surface area (Å²) in [6.07, 6.45) is 1.08. The molecule has 2 rings (SSSR count). The molecule has 146 valence electrons. The maximum absolute atomic E-state index is 12.5. The summed E-state index contributed by atoms with van der Waals surface area (Å²) in [4.78, 5) is 44.7. The number of aromatic amines is 1. The SMILES string of the molecule is CCCN(Cc1nc2cc(Cl)ccc2c(=O)[nH]1)C(=O)CCSCC(=O)OC. The number of amides is 1. The third-order valence-corrected chi connectivity index (χ3v) is 4.98. The maximum atomic E-state index is 12.5. The second-order valence-electron chi connectivity index (χ2n) is 5.87. The number of carbonyl (C=O) groups is 2. The van der Waals surface area contributed by atoms with E-state index in [2.05, 4.69) is 14.7 Å². The Bertz CT molecular complexity index is 871. The zero-order valence-corrected chi connectivity index (χ0v) is 16.9. The van der Waals surface area contributed by atoms with Crippen molar-refractivity contribution in [2.45, 2.75) is 26.3 Å². The van der Waals surface area contributed by atoms with Crippen molar-refractivity contribution in [3.63, 3.8) is 0 Å². The Balaban J connectivity index is 2.06. The van der Waals surface area contributed by atoms with Crippen molar-refractivity contribution in [1.82, 2.24) is 14.9 Å². The molecule has 1 aromatic heterocycles. The number of fused-ring (bicyclic) bond motifs is 1. The average molecular weight is 412 g/mol. The molecule has 0 saturated heterocycles. The molecular formula is C18H22ClN3O4S. The van der Waals surface area contributed by atoms with Gasteiger partial charge in [0.25, 0.3) is 5.56 Å². The van der Waals surface area contributed by atoms with Crippen LogP contribution in [-0.2, 0) is 20.9 Å². The molecule has 1 heterocycles. The predicted molar refractivity (Wildman–Crippen MR) is 107 cm³/mol. The van der Waals surface area contributed by atoms with Gasteiger partial charge in [0.15, 0.2) is 0 Å². The number of carbonyl (C=O) groups excluding carboxylic acids is 2.